The molecule has 0 saturated heterocycles. The number of hydrogen-bond donors (Lipinski definition) is 0. The van der Waals surface area contributed by atoms with Gasteiger partial charge < -0.3 is 9.14 Å². The second-order valence-corrected chi connectivity index (χ2v) is 5.26. The Hall–Kier alpha value is -2.40. The topological polar surface area (TPSA) is 42.7 Å². The zero-order valence-corrected chi connectivity index (χ0v) is 11.6. The molecule has 21 heavy (non-hydrogen) atoms. The highest BCUT2D eigenvalue weighted by Gasteiger charge is 2.18. The first-order valence-corrected chi connectivity index (χ1v) is 7.08. The van der Waals surface area contributed by atoms with E-state index in [9.17, 15) is 0 Å². The first-order chi connectivity index (χ1) is 10.4. The van der Waals surface area contributed by atoms with E-state index < -0.39 is 0 Å². The van der Waals surface area contributed by atoms with Crippen molar-refractivity contribution < 1.29 is 4.74 Å². The minimum absolute atomic E-state index is 0.679. The van der Waals surface area contributed by atoms with Gasteiger partial charge in [-0.25, -0.2) is 4.98 Å². The van der Waals surface area contributed by atoms with Gasteiger partial charge in [0, 0.05) is 56.7 Å². The molecule has 3 aromatic heterocycles. The van der Waals surface area contributed by atoms with Crippen molar-refractivity contribution in [2.45, 2.75) is 13.1 Å². The fraction of sp³-hybridized carbons (Fsp3) is 0.250. The van der Waals surface area contributed by atoms with Gasteiger partial charge >= 0.3 is 0 Å². The van der Waals surface area contributed by atoms with E-state index in [0.717, 1.165) is 31.0 Å². The lowest BCUT2D eigenvalue weighted by Gasteiger charge is -2.15. The molecule has 0 fully saturated rings. The van der Waals surface area contributed by atoms with Crippen LogP contribution >= 0.6 is 0 Å². The van der Waals surface area contributed by atoms with E-state index in [0.29, 0.717) is 6.61 Å². The van der Waals surface area contributed by atoms with E-state index in [1.807, 2.05) is 41.3 Å². The van der Waals surface area contributed by atoms with Crippen molar-refractivity contribution in [1.29, 1.82) is 0 Å². The van der Waals surface area contributed by atoms with Gasteiger partial charge in [-0.2, -0.15) is 0 Å². The quantitative estimate of drug-likeness (QED) is 0.734. The third-order valence-corrected chi connectivity index (χ3v) is 3.84. The van der Waals surface area contributed by atoms with Gasteiger partial charge in [0.2, 0.25) is 0 Å². The summed E-state index contributed by atoms with van der Waals surface area (Å²) in [5, 5.41) is 0. The Bertz CT molecular complexity index is 743. The Morgan fingerprint density at radius 2 is 2.05 bits per heavy atom. The Labute approximate surface area is 122 Å². The molecule has 3 aromatic rings. The van der Waals surface area contributed by atoms with Crippen LogP contribution in [0.4, 0.5) is 0 Å². The zero-order chi connectivity index (χ0) is 14.1. The van der Waals surface area contributed by atoms with Crippen LogP contribution < -0.4 is 4.74 Å². The normalized spacial score (nSPS) is 14.5. The fourth-order valence-electron chi connectivity index (χ4n) is 2.72. The van der Waals surface area contributed by atoms with Crippen molar-refractivity contribution in [3.63, 3.8) is 0 Å². The first-order valence-electron chi connectivity index (χ1n) is 7.08. The summed E-state index contributed by atoms with van der Waals surface area (Å²) < 4.78 is 7.80. The van der Waals surface area contributed by atoms with Crippen molar-refractivity contribution >= 4 is 5.65 Å². The maximum absolute atomic E-state index is 5.83. The summed E-state index contributed by atoms with van der Waals surface area (Å²) in [6.45, 7) is 3.54. The second kappa shape index (κ2) is 5.18. The number of imidazole rings is 1. The fourth-order valence-corrected chi connectivity index (χ4v) is 2.72. The average Bonchev–Trinajstić information content (AvgIpc) is 3.12. The summed E-state index contributed by atoms with van der Waals surface area (Å²) in [5.41, 5.74) is 3.62. The Morgan fingerprint density at radius 1 is 1.10 bits per heavy atom. The van der Waals surface area contributed by atoms with Crippen LogP contribution in [0.1, 0.15) is 11.1 Å². The SMILES string of the molecule is c1cc2c(cn1)CN(CCOc1ccn3ccnc3c1)C2. The molecule has 0 N–H and O–H groups in total. The van der Waals surface area contributed by atoms with Crippen molar-refractivity contribution in [2.24, 2.45) is 0 Å². The van der Waals surface area contributed by atoms with Crippen LogP contribution in [-0.2, 0) is 13.1 Å². The molecule has 0 spiro atoms. The van der Waals surface area contributed by atoms with Gasteiger partial charge in [-0.3, -0.25) is 9.88 Å². The van der Waals surface area contributed by atoms with Crippen molar-refractivity contribution in [1.82, 2.24) is 19.3 Å². The minimum atomic E-state index is 0.679. The maximum atomic E-state index is 5.83. The zero-order valence-electron chi connectivity index (χ0n) is 11.6. The predicted molar refractivity (Wildman–Crippen MR) is 79.0 cm³/mol. The molecule has 4 heterocycles. The lowest BCUT2D eigenvalue weighted by molar-refractivity contribution is 0.211. The molecule has 1 aliphatic rings. The van der Waals surface area contributed by atoms with E-state index in [1.165, 1.54) is 11.1 Å². The van der Waals surface area contributed by atoms with Crippen molar-refractivity contribution in [3.8, 4) is 5.75 Å². The smallest absolute Gasteiger partial charge is 0.140 e. The lowest BCUT2D eigenvalue weighted by atomic mass is 10.2. The van der Waals surface area contributed by atoms with E-state index in [2.05, 4.69) is 20.9 Å². The number of hydrogen-bond acceptors (Lipinski definition) is 4. The number of ether oxygens (including phenoxy) is 1. The molecule has 0 atom stereocenters. The number of pyridine rings is 2. The summed E-state index contributed by atoms with van der Waals surface area (Å²) in [6, 6.07) is 6.03. The summed E-state index contributed by atoms with van der Waals surface area (Å²) in [7, 11) is 0. The number of nitrogens with zero attached hydrogens (tertiary/aromatic N) is 4. The van der Waals surface area contributed by atoms with Crippen LogP contribution in [0.5, 0.6) is 5.75 Å². The van der Waals surface area contributed by atoms with E-state index >= 15 is 0 Å². The van der Waals surface area contributed by atoms with Crippen LogP contribution in [0.15, 0.2) is 49.2 Å². The summed E-state index contributed by atoms with van der Waals surface area (Å²) in [4.78, 5) is 10.8. The van der Waals surface area contributed by atoms with Crippen LogP contribution in [0.3, 0.4) is 0 Å². The van der Waals surface area contributed by atoms with E-state index in [-0.39, 0.29) is 0 Å². The number of rotatable bonds is 4. The molecule has 0 radical (unpaired) electrons. The van der Waals surface area contributed by atoms with E-state index in [4.69, 9.17) is 4.74 Å². The molecule has 0 unspecified atom stereocenters. The molecule has 4 rings (SSSR count). The molecule has 0 amide bonds. The van der Waals surface area contributed by atoms with Gasteiger partial charge in [-0.05, 0) is 23.3 Å². The number of aromatic nitrogens is 3. The van der Waals surface area contributed by atoms with Crippen LogP contribution in [0.2, 0.25) is 0 Å². The highest BCUT2D eigenvalue weighted by atomic mass is 16.5. The lowest BCUT2D eigenvalue weighted by Crippen LogP contribution is -2.22. The van der Waals surface area contributed by atoms with Gasteiger partial charge in [-0.15, -0.1) is 0 Å². The van der Waals surface area contributed by atoms with E-state index in [1.54, 1.807) is 6.20 Å². The van der Waals surface area contributed by atoms with Crippen LogP contribution in [-0.4, -0.2) is 32.4 Å². The summed E-state index contributed by atoms with van der Waals surface area (Å²) in [6.07, 6.45) is 9.50. The first kappa shape index (κ1) is 12.3. The predicted octanol–water partition coefficient (Wildman–Crippen LogP) is 2.12. The summed E-state index contributed by atoms with van der Waals surface area (Å²) >= 11 is 0. The second-order valence-electron chi connectivity index (χ2n) is 5.26. The molecule has 5 nitrogen and oxygen atoms in total. The molecule has 5 heteroatoms. The van der Waals surface area contributed by atoms with Gasteiger partial charge in [0.05, 0.1) is 0 Å². The molecule has 1 aliphatic heterocycles. The molecular formula is C16H16N4O. The monoisotopic (exact) mass is 280 g/mol. The molecule has 0 saturated carbocycles. The van der Waals surface area contributed by atoms with Gasteiger partial charge in [-0.1, -0.05) is 0 Å². The summed E-state index contributed by atoms with van der Waals surface area (Å²) in [5.74, 6) is 0.868. The highest BCUT2D eigenvalue weighted by Crippen LogP contribution is 2.21. The molecular weight excluding hydrogens is 264 g/mol. The third-order valence-electron chi connectivity index (χ3n) is 3.84. The van der Waals surface area contributed by atoms with Gasteiger partial charge in [0.25, 0.3) is 0 Å². The standard InChI is InChI=1S/C16H16N4O/c1-3-17-10-14-12-19(11-13(1)14)7-8-21-15-2-5-20-6-4-18-16(20)9-15/h1-6,9-10H,7-8,11-12H2. The van der Waals surface area contributed by atoms with Crippen molar-refractivity contribution in [3.05, 3.63) is 60.3 Å². The van der Waals surface area contributed by atoms with Crippen molar-refractivity contribution in [2.75, 3.05) is 13.2 Å². The van der Waals surface area contributed by atoms with Gasteiger partial charge in [0.1, 0.15) is 18.0 Å². The van der Waals surface area contributed by atoms with Crippen LogP contribution in [0, 0.1) is 0 Å². The van der Waals surface area contributed by atoms with Gasteiger partial charge in [0.15, 0.2) is 0 Å². The maximum Gasteiger partial charge on any atom is 0.140 e. The largest absolute Gasteiger partial charge is 0.492 e. The Balaban J connectivity index is 1.34. The molecule has 106 valence electrons. The third kappa shape index (κ3) is 2.48. The Kier molecular flexibility index (Phi) is 3.05. The number of fused-ring (bicyclic) bond motifs is 2. The molecule has 0 bridgehead atoms. The highest BCUT2D eigenvalue weighted by molar-refractivity contribution is 5.44. The molecule has 0 aliphatic carbocycles. The average molecular weight is 280 g/mol. The molecule has 0 aromatic carbocycles. The Morgan fingerprint density at radius 3 is 3.00 bits per heavy atom. The minimum Gasteiger partial charge on any atom is -0.492 e. The van der Waals surface area contributed by atoms with Crippen LogP contribution in [0.25, 0.3) is 5.65 Å².